The summed E-state index contributed by atoms with van der Waals surface area (Å²) < 4.78 is 37.1. The maximum atomic E-state index is 12.4. The lowest BCUT2D eigenvalue weighted by atomic mass is 10.2. The van der Waals surface area contributed by atoms with Crippen LogP contribution in [0.25, 0.3) is 0 Å². The monoisotopic (exact) mass is 289 g/mol. The molecule has 1 saturated carbocycles. The third-order valence-electron chi connectivity index (χ3n) is 3.16. The zero-order valence-corrected chi connectivity index (χ0v) is 11.4. The first-order valence-electron chi connectivity index (χ1n) is 6.48. The third kappa shape index (κ3) is 3.72. The van der Waals surface area contributed by atoms with Crippen molar-refractivity contribution in [3.8, 4) is 0 Å². The molecular formula is C12H18F3N5. The summed E-state index contributed by atoms with van der Waals surface area (Å²) in [6, 6.07) is -0.763. The predicted molar refractivity (Wildman–Crippen MR) is 70.3 cm³/mol. The second-order valence-corrected chi connectivity index (χ2v) is 5.19. The van der Waals surface area contributed by atoms with Crippen molar-refractivity contribution in [1.29, 1.82) is 0 Å². The summed E-state index contributed by atoms with van der Waals surface area (Å²) in [4.78, 5) is 8.61. The number of halogens is 3. The predicted octanol–water partition coefficient (Wildman–Crippen LogP) is 2.70. The summed E-state index contributed by atoms with van der Waals surface area (Å²) in [7, 11) is 0. The van der Waals surface area contributed by atoms with E-state index >= 15 is 0 Å². The first-order valence-corrected chi connectivity index (χ1v) is 6.48. The van der Waals surface area contributed by atoms with Crippen LogP contribution >= 0.6 is 0 Å². The van der Waals surface area contributed by atoms with Crippen molar-refractivity contribution in [2.24, 2.45) is 5.84 Å². The normalized spacial score (nSPS) is 16.9. The number of aromatic nitrogens is 2. The molecule has 0 spiro atoms. The Morgan fingerprint density at radius 2 is 1.90 bits per heavy atom. The molecule has 0 saturated heterocycles. The van der Waals surface area contributed by atoms with E-state index in [1.54, 1.807) is 6.92 Å². The number of anilines is 2. The molecule has 0 bridgehead atoms. The second-order valence-electron chi connectivity index (χ2n) is 5.19. The van der Waals surface area contributed by atoms with Gasteiger partial charge >= 0.3 is 6.18 Å². The molecule has 1 aromatic heterocycles. The molecule has 0 aliphatic heterocycles. The van der Waals surface area contributed by atoms with E-state index < -0.39 is 18.6 Å². The molecule has 0 amide bonds. The van der Waals surface area contributed by atoms with Gasteiger partial charge in [0, 0.05) is 17.5 Å². The SMILES string of the molecule is Cc1c(NN)nc(C2CC2)nc1NC(C)CC(F)(F)F. The Morgan fingerprint density at radius 3 is 2.40 bits per heavy atom. The quantitative estimate of drug-likeness (QED) is 0.574. The van der Waals surface area contributed by atoms with Gasteiger partial charge in [0.05, 0.1) is 6.42 Å². The van der Waals surface area contributed by atoms with Crippen LogP contribution in [-0.2, 0) is 0 Å². The van der Waals surface area contributed by atoms with E-state index in [1.807, 2.05) is 0 Å². The zero-order chi connectivity index (χ0) is 14.9. The van der Waals surface area contributed by atoms with Gasteiger partial charge in [-0.05, 0) is 26.7 Å². The number of nitrogen functional groups attached to an aromatic ring is 1. The van der Waals surface area contributed by atoms with E-state index in [1.165, 1.54) is 6.92 Å². The minimum atomic E-state index is -4.21. The maximum absolute atomic E-state index is 12.4. The molecule has 1 aliphatic rings. The van der Waals surface area contributed by atoms with Crippen LogP contribution in [0.5, 0.6) is 0 Å². The summed E-state index contributed by atoms with van der Waals surface area (Å²) >= 11 is 0. The van der Waals surface area contributed by atoms with E-state index in [4.69, 9.17) is 5.84 Å². The molecule has 1 unspecified atom stereocenters. The van der Waals surface area contributed by atoms with Crippen LogP contribution in [0.2, 0.25) is 0 Å². The smallest absolute Gasteiger partial charge is 0.367 e. The molecule has 1 fully saturated rings. The van der Waals surface area contributed by atoms with E-state index in [-0.39, 0.29) is 0 Å². The van der Waals surface area contributed by atoms with E-state index in [0.29, 0.717) is 28.9 Å². The molecule has 20 heavy (non-hydrogen) atoms. The van der Waals surface area contributed by atoms with Crippen molar-refractivity contribution in [3.05, 3.63) is 11.4 Å². The van der Waals surface area contributed by atoms with Crippen molar-refractivity contribution in [1.82, 2.24) is 9.97 Å². The van der Waals surface area contributed by atoms with E-state index in [2.05, 4.69) is 20.7 Å². The van der Waals surface area contributed by atoms with Crippen LogP contribution < -0.4 is 16.6 Å². The molecule has 1 aliphatic carbocycles. The zero-order valence-electron chi connectivity index (χ0n) is 11.4. The highest BCUT2D eigenvalue weighted by Gasteiger charge is 2.31. The Labute approximate surface area is 115 Å². The molecule has 1 heterocycles. The lowest BCUT2D eigenvalue weighted by Crippen LogP contribution is -2.25. The van der Waals surface area contributed by atoms with Gasteiger partial charge in [-0.15, -0.1) is 0 Å². The first kappa shape index (κ1) is 14.8. The number of nitrogens with two attached hydrogens (primary N) is 1. The lowest BCUT2D eigenvalue weighted by Gasteiger charge is -2.19. The van der Waals surface area contributed by atoms with Gasteiger partial charge in [0.15, 0.2) is 0 Å². The number of nitrogens with zero attached hydrogens (tertiary/aromatic N) is 2. The Kier molecular flexibility index (Phi) is 4.03. The fraction of sp³-hybridized carbons (Fsp3) is 0.667. The molecule has 5 nitrogen and oxygen atoms in total. The summed E-state index contributed by atoms with van der Waals surface area (Å²) in [6.45, 7) is 3.19. The van der Waals surface area contributed by atoms with Crippen LogP contribution in [0.3, 0.4) is 0 Å². The van der Waals surface area contributed by atoms with Crippen LogP contribution in [0, 0.1) is 6.92 Å². The largest absolute Gasteiger partial charge is 0.391 e. The molecule has 112 valence electrons. The van der Waals surface area contributed by atoms with Crippen LogP contribution in [0.15, 0.2) is 0 Å². The Bertz CT molecular complexity index is 485. The van der Waals surface area contributed by atoms with Crippen molar-refractivity contribution in [3.63, 3.8) is 0 Å². The average molecular weight is 289 g/mol. The van der Waals surface area contributed by atoms with Gasteiger partial charge in [-0.3, -0.25) is 0 Å². The van der Waals surface area contributed by atoms with Gasteiger partial charge in [0.25, 0.3) is 0 Å². The van der Waals surface area contributed by atoms with E-state index in [0.717, 1.165) is 12.8 Å². The van der Waals surface area contributed by atoms with Crippen molar-refractivity contribution in [2.75, 3.05) is 10.7 Å². The molecule has 4 N–H and O–H groups in total. The van der Waals surface area contributed by atoms with E-state index in [9.17, 15) is 13.2 Å². The molecule has 0 radical (unpaired) electrons. The van der Waals surface area contributed by atoms with Gasteiger partial charge in [-0.25, -0.2) is 15.8 Å². The summed E-state index contributed by atoms with van der Waals surface area (Å²) in [5.74, 6) is 7.17. The van der Waals surface area contributed by atoms with Crippen LogP contribution in [0.4, 0.5) is 24.8 Å². The van der Waals surface area contributed by atoms with Crippen molar-refractivity contribution < 1.29 is 13.2 Å². The van der Waals surface area contributed by atoms with Crippen molar-refractivity contribution >= 4 is 11.6 Å². The molecule has 1 aromatic rings. The summed E-state index contributed by atoms with van der Waals surface area (Å²) in [6.07, 6.45) is -3.11. The summed E-state index contributed by atoms with van der Waals surface area (Å²) in [5, 5.41) is 2.80. The molecule has 1 atom stereocenters. The highest BCUT2D eigenvalue weighted by molar-refractivity contribution is 5.57. The van der Waals surface area contributed by atoms with Gasteiger partial charge in [-0.1, -0.05) is 0 Å². The highest BCUT2D eigenvalue weighted by Crippen LogP contribution is 2.39. The number of alkyl halides is 3. The number of hydrogen-bond acceptors (Lipinski definition) is 5. The van der Waals surface area contributed by atoms with Gasteiger partial charge < -0.3 is 10.7 Å². The average Bonchev–Trinajstić information content (AvgIpc) is 3.13. The Balaban J connectivity index is 2.19. The highest BCUT2D eigenvalue weighted by atomic mass is 19.4. The van der Waals surface area contributed by atoms with Crippen LogP contribution in [0.1, 0.15) is 43.5 Å². The maximum Gasteiger partial charge on any atom is 0.391 e. The number of hydrogen-bond donors (Lipinski definition) is 3. The fourth-order valence-corrected chi connectivity index (χ4v) is 1.97. The number of rotatable bonds is 5. The Morgan fingerprint density at radius 1 is 1.30 bits per heavy atom. The lowest BCUT2D eigenvalue weighted by molar-refractivity contribution is -0.136. The standard InChI is InChI=1S/C12H18F3N5/c1-6(5-12(13,14)15)17-9-7(2)10(20-16)19-11(18-9)8-3-4-8/h6,8H,3-5,16H2,1-2H3,(H2,17,18,19,20). The summed E-state index contributed by atoms with van der Waals surface area (Å²) in [5.41, 5.74) is 3.08. The topological polar surface area (TPSA) is 75.9 Å². The van der Waals surface area contributed by atoms with Gasteiger partial charge in [0.1, 0.15) is 17.5 Å². The molecule has 0 aromatic carbocycles. The molecule has 2 rings (SSSR count). The minimum Gasteiger partial charge on any atom is -0.367 e. The van der Waals surface area contributed by atoms with Gasteiger partial charge in [-0.2, -0.15) is 13.2 Å². The first-order chi connectivity index (χ1) is 9.30. The van der Waals surface area contributed by atoms with Crippen molar-refractivity contribution in [2.45, 2.75) is 51.2 Å². The van der Waals surface area contributed by atoms with Crippen LogP contribution in [-0.4, -0.2) is 22.2 Å². The second kappa shape index (κ2) is 5.43. The minimum absolute atomic E-state index is 0.293. The molecular weight excluding hydrogens is 271 g/mol. The Hall–Kier alpha value is -1.57. The third-order valence-corrected chi connectivity index (χ3v) is 3.16. The number of nitrogens with one attached hydrogen (secondary N) is 2. The fourth-order valence-electron chi connectivity index (χ4n) is 1.97. The molecule has 8 heteroatoms. The number of hydrazine groups is 1. The van der Waals surface area contributed by atoms with Gasteiger partial charge in [0.2, 0.25) is 0 Å².